The van der Waals surface area contributed by atoms with Crippen molar-refractivity contribution in [2.24, 2.45) is 5.92 Å². The number of carbonyl (C=O) groups is 2. The lowest BCUT2D eigenvalue weighted by Crippen LogP contribution is -2.40. The first-order valence-electron chi connectivity index (χ1n) is 7.94. The standard InChI is InChI=1S/C17H25N3O2/c1-13-5-4-9-20(10-8-13)17(22)19-12-14-6-3-7-15(11-14)16(21)18-2/h3,6-7,11,13H,4-5,8-10,12H2,1-2H3,(H,18,21)(H,19,22)/t13-/m1/s1. The van der Waals surface area contributed by atoms with E-state index in [1.165, 1.54) is 6.42 Å². The van der Waals surface area contributed by atoms with Crippen molar-refractivity contribution in [3.63, 3.8) is 0 Å². The van der Waals surface area contributed by atoms with Crippen molar-refractivity contribution in [3.8, 4) is 0 Å². The first kappa shape index (κ1) is 16.3. The normalized spacial score (nSPS) is 18.5. The van der Waals surface area contributed by atoms with Crippen LogP contribution in [0.15, 0.2) is 24.3 Å². The predicted molar refractivity (Wildman–Crippen MR) is 86.7 cm³/mol. The van der Waals surface area contributed by atoms with Gasteiger partial charge in [0.2, 0.25) is 0 Å². The molecular weight excluding hydrogens is 278 g/mol. The van der Waals surface area contributed by atoms with Crippen LogP contribution in [-0.4, -0.2) is 37.0 Å². The molecule has 1 aliphatic rings. The number of hydrogen-bond acceptors (Lipinski definition) is 2. The molecular formula is C17H25N3O2. The summed E-state index contributed by atoms with van der Waals surface area (Å²) < 4.78 is 0. The largest absolute Gasteiger partial charge is 0.355 e. The van der Waals surface area contributed by atoms with Crippen LogP contribution >= 0.6 is 0 Å². The van der Waals surface area contributed by atoms with E-state index in [1.54, 1.807) is 13.1 Å². The lowest BCUT2D eigenvalue weighted by Gasteiger charge is -2.21. The Morgan fingerprint density at radius 1 is 1.27 bits per heavy atom. The van der Waals surface area contributed by atoms with Gasteiger partial charge >= 0.3 is 6.03 Å². The third-order valence-electron chi connectivity index (χ3n) is 4.16. The smallest absolute Gasteiger partial charge is 0.317 e. The summed E-state index contributed by atoms with van der Waals surface area (Å²) in [6, 6.07) is 7.31. The fourth-order valence-corrected chi connectivity index (χ4v) is 2.72. The Bertz CT molecular complexity index is 530. The lowest BCUT2D eigenvalue weighted by molar-refractivity contribution is 0.0963. The van der Waals surface area contributed by atoms with E-state index in [9.17, 15) is 9.59 Å². The van der Waals surface area contributed by atoms with Gasteiger partial charge in [-0.1, -0.05) is 19.1 Å². The molecule has 0 unspecified atom stereocenters. The second kappa shape index (κ2) is 7.82. The van der Waals surface area contributed by atoms with Crippen LogP contribution in [0.25, 0.3) is 0 Å². The molecule has 22 heavy (non-hydrogen) atoms. The zero-order valence-corrected chi connectivity index (χ0v) is 13.4. The molecule has 0 bridgehead atoms. The molecule has 0 saturated carbocycles. The van der Waals surface area contributed by atoms with E-state index in [-0.39, 0.29) is 11.9 Å². The van der Waals surface area contributed by atoms with Gasteiger partial charge in [0.05, 0.1) is 0 Å². The molecule has 120 valence electrons. The highest BCUT2D eigenvalue weighted by molar-refractivity contribution is 5.94. The van der Waals surface area contributed by atoms with Crippen LogP contribution in [0.4, 0.5) is 4.79 Å². The van der Waals surface area contributed by atoms with Crippen molar-refractivity contribution < 1.29 is 9.59 Å². The molecule has 1 fully saturated rings. The number of carbonyl (C=O) groups excluding carboxylic acids is 2. The van der Waals surface area contributed by atoms with E-state index in [0.29, 0.717) is 18.0 Å². The number of urea groups is 1. The molecule has 3 amide bonds. The van der Waals surface area contributed by atoms with E-state index < -0.39 is 0 Å². The third-order valence-corrected chi connectivity index (χ3v) is 4.16. The van der Waals surface area contributed by atoms with Crippen molar-refractivity contribution in [3.05, 3.63) is 35.4 Å². The Kier molecular flexibility index (Phi) is 5.81. The van der Waals surface area contributed by atoms with Gasteiger partial charge in [-0.05, 0) is 42.9 Å². The molecule has 1 aliphatic heterocycles. The van der Waals surface area contributed by atoms with Crippen LogP contribution in [-0.2, 0) is 6.54 Å². The molecule has 5 nitrogen and oxygen atoms in total. The van der Waals surface area contributed by atoms with Crippen LogP contribution < -0.4 is 10.6 Å². The number of likely N-dealkylation sites (tertiary alicyclic amines) is 1. The Morgan fingerprint density at radius 2 is 2.09 bits per heavy atom. The maximum absolute atomic E-state index is 12.2. The zero-order chi connectivity index (χ0) is 15.9. The summed E-state index contributed by atoms with van der Waals surface area (Å²) in [6.45, 7) is 4.33. The second-order valence-corrected chi connectivity index (χ2v) is 5.96. The minimum absolute atomic E-state index is 0.0144. The number of rotatable bonds is 3. The van der Waals surface area contributed by atoms with Crippen molar-refractivity contribution in [1.29, 1.82) is 0 Å². The maximum atomic E-state index is 12.2. The summed E-state index contributed by atoms with van der Waals surface area (Å²) in [5, 5.41) is 5.55. The molecule has 1 aromatic carbocycles. The van der Waals surface area contributed by atoms with Crippen molar-refractivity contribution in [1.82, 2.24) is 15.5 Å². The number of benzene rings is 1. The Labute approximate surface area is 132 Å². The Hall–Kier alpha value is -2.04. The molecule has 0 spiro atoms. The van der Waals surface area contributed by atoms with Gasteiger partial charge in [-0.2, -0.15) is 0 Å². The zero-order valence-electron chi connectivity index (χ0n) is 13.4. The van der Waals surface area contributed by atoms with Crippen LogP contribution in [0.5, 0.6) is 0 Å². The fourth-order valence-electron chi connectivity index (χ4n) is 2.72. The van der Waals surface area contributed by atoms with Gasteiger partial charge in [0.15, 0.2) is 0 Å². The third kappa shape index (κ3) is 4.48. The van der Waals surface area contributed by atoms with E-state index in [2.05, 4.69) is 17.6 Å². The summed E-state index contributed by atoms with van der Waals surface area (Å²) in [5.74, 6) is 0.580. The van der Waals surface area contributed by atoms with Crippen LogP contribution in [0.1, 0.15) is 42.1 Å². The number of hydrogen-bond donors (Lipinski definition) is 2. The highest BCUT2D eigenvalue weighted by atomic mass is 16.2. The Morgan fingerprint density at radius 3 is 2.86 bits per heavy atom. The number of nitrogens with one attached hydrogen (secondary N) is 2. The van der Waals surface area contributed by atoms with E-state index in [1.807, 2.05) is 23.1 Å². The van der Waals surface area contributed by atoms with Gasteiger partial charge in [0.25, 0.3) is 5.91 Å². The van der Waals surface area contributed by atoms with E-state index >= 15 is 0 Å². The number of nitrogens with zero attached hydrogens (tertiary/aromatic N) is 1. The molecule has 1 saturated heterocycles. The molecule has 0 aromatic heterocycles. The molecule has 5 heteroatoms. The summed E-state index contributed by atoms with van der Waals surface area (Å²) in [4.78, 5) is 25.7. The van der Waals surface area contributed by atoms with Gasteiger partial charge < -0.3 is 15.5 Å². The molecule has 1 heterocycles. The van der Waals surface area contributed by atoms with Gasteiger partial charge in [-0.3, -0.25) is 4.79 Å². The second-order valence-electron chi connectivity index (χ2n) is 5.96. The van der Waals surface area contributed by atoms with E-state index in [4.69, 9.17) is 0 Å². The molecule has 0 aliphatic carbocycles. The molecule has 2 rings (SSSR count). The minimum Gasteiger partial charge on any atom is -0.355 e. The molecule has 1 atom stereocenters. The van der Waals surface area contributed by atoms with Gasteiger partial charge in [0.1, 0.15) is 0 Å². The summed E-state index contributed by atoms with van der Waals surface area (Å²) in [7, 11) is 1.61. The highest BCUT2D eigenvalue weighted by Gasteiger charge is 2.18. The first-order valence-corrected chi connectivity index (χ1v) is 7.94. The summed E-state index contributed by atoms with van der Waals surface area (Å²) in [5.41, 5.74) is 1.54. The topological polar surface area (TPSA) is 61.4 Å². The van der Waals surface area contributed by atoms with Crippen molar-refractivity contribution in [2.45, 2.75) is 32.7 Å². The first-order chi connectivity index (χ1) is 10.6. The molecule has 2 N–H and O–H groups in total. The molecule has 0 radical (unpaired) electrons. The number of amides is 3. The van der Waals surface area contributed by atoms with Crippen molar-refractivity contribution in [2.75, 3.05) is 20.1 Å². The van der Waals surface area contributed by atoms with Crippen molar-refractivity contribution >= 4 is 11.9 Å². The maximum Gasteiger partial charge on any atom is 0.317 e. The summed E-state index contributed by atoms with van der Waals surface area (Å²) >= 11 is 0. The molecule has 1 aromatic rings. The highest BCUT2D eigenvalue weighted by Crippen LogP contribution is 2.16. The quantitative estimate of drug-likeness (QED) is 0.900. The lowest BCUT2D eigenvalue weighted by atomic mass is 10.0. The monoisotopic (exact) mass is 303 g/mol. The average Bonchev–Trinajstić information content (AvgIpc) is 2.76. The predicted octanol–water partition coefficient (Wildman–Crippen LogP) is 2.38. The van der Waals surface area contributed by atoms with E-state index in [0.717, 1.165) is 31.5 Å². The van der Waals surface area contributed by atoms with Gasteiger partial charge in [-0.25, -0.2) is 4.79 Å². The Balaban J connectivity index is 1.89. The van der Waals surface area contributed by atoms with Gasteiger partial charge in [-0.15, -0.1) is 0 Å². The minimum atomic E-state index is -0.116. The van der Waals surface area contributed by atoms with Crippen LogP contribution in [0.3, 0.4) is 0 Å². The van der Waals surface area contributed by atoms with Crippen LogP contribution in [0, 0.1) is 5.92 Å². The van der Waals surface area contributed by atoms with Crippen LogP contribution in [0.2, 0.25) is 0 Å². The average molecular weight is 303 g/mol. The SMILES string of the molecule is CNC(=O)c1cccc(CNC(=O)N2CCC[C@@H](C)CC2)c1. The van der Waals surface area contributed by atoms with Gasteiger partial charge in [0, 0.05) is 32.2 Å². The summed E-state index contributed by atoms with van der Waals surface area (Å²) in [6.07, 6.45) is 3.33. The fraction of sp³-hybridized carbons (Fsp3) is 0.529.